The zero-order chi connectivity index (χ0) is 10.4. The molecule has 3 nitrogen and oxygen atoms in total. The van der Waals surface area contributed by atoms with Gasteiger partial charge in [-0.1, -0.05) is 26.2 Å². The lowest BCUT2D eigenvalue weighted by Crippen LogP contribution is -2.36. The zero-order valence-electron chi connectivity index (χ0n) is 9.42. The predicted molar refractivity (Wildman–Crippen MR) is 61.3 cm³/mol. The quantitative estimate of drug-likeness (QED) is 0.535. The van der Waals surface area contributed by atoms with Gasteiger partial charge in [-0.05, 0) is 24.7 Å². The van der Waals surface area contributed by atoms with Crippen molar-refractivity contribution in [3.8, 4) is 0 Å². The van der Waals surface area contributed by atoms with Crippen LogP contribution in [0.1, 0.15) is 39.0 Å². The first kappa shape index (κ1) is 11.3. The van der Waals surface area contributed by atoms with Gasteiger partial charge >= 0.3 is 0 Å². The van der Waals surface area contributed by atoms with E-state index >= 15 is 0 Å². The normalized spacial score (nSPS) is 28.9. The molecule has 0 heterocycles. The molecule has 0 unspecified atom stereocenters. The van der Waals surface area contributed by atoms with Gasteiger partial charge in [-0.15, -0.1) is 0 Å². The van der Waals surface area contributed by atoms with Gasteiger partial charge in [0.2, 0.25) is 0 Å². The molecule has 0 aromatic rings. The standard InChI is InChI=1S/C11H23N3/c1-3-9-4-6-10(7-5-9)8-14-11(12)13-2/h9-10H,3-8H2,1-2H3,(H3,12,13,14). The van der Waals surface area contributed by atoms with E-state index in [1.54, 1.807) is 7.05 Å². The zero-order valence-corrected chi connectivity index (χ0v) is 9.42. The highest BCUT2D eigenvalue weighted by Gasteiger charge is 2.19. The molecule has 0 amide bonds. The Labute approximate surface area is 87.2 Å². The highest BCUT2D eigenvalue weighted by atomic mass is 15.1. The first-order chi connectivity index (χ1) is 6.76. The Hall–Kier alpha value is -0.730. The van der Waals surface area contributed by atoms with Gasteiger partial charge in [-0.2, -0.15) is 0 Å². The van der Waals surface area contributed by atoms with Crippen LogP contribution in [0.25, 0.3) is 0 Å². The third-order valence-electron chi connectivity index (χ3n) is 3.36. The van der Waals surface area contributed by atoms with Crippen molar-refractivity contribution in [1.29, 1.82) is 0 Å². The van der Waals surface area contributed by atoms with Gasteiger partial charge in [0.05, 0.1) is 0 Å². The molecule has 1 aliphatic rings. The SMILES string of the molecule is CCC1CCC(CNC(N)=NC)CC1. The number of rotatable bonds is 3. The van der Waals surface area contributed by atoms with Crippen LogP contribution in [0.5, 0.6) is 0 Å². The Kier molecular flexibility index (Phi) is 4.77. The highest BCUT2D eigenvalue weighted by molar-refractivity contribution is 5.77. The maximum Gasteiger partial charge on any atom is 0.188 e. The lowest BCUT2D eigenvalue weighted by atomic mass is 9.81. The van der Waals surface area contributed by atoms with Gasteiger partial charge in [0.15, 0.2) is 5.96 Å². The molecule has 0 radical (unpaired) electrons. The molecule has 0 saturated heterocycles. The van der Waals surface area contributed by atoms with Gasteiger partial charge in [0.25, 0.3) is 0 Å². The van der Waals surface area contributed by atoms with E-state index < -0.39 is 0 Å². The first-order valence-electron chi connectivity index (χ1n) is 5.72. The molecule has 14 heavy (non-hydrogen) atoms. The molecule has 1 saturated carbocycles. The van der Waals surface area contributed by atoms with Crippen molar-refractivity contribution in [2.24, 2.45) is 22.6 Å². The molecule has 1 fully saturated rings. The summed E-state index contributed by atoms with van der Waals surface area (Å²) in [4.78, 5) is 3.89. The van der Waals surface area contributed by atoms with Gasteiger partial charge in [0, 0.05) is 13.6 Å². The summed E-state index contributed by atoms with van der Waals surface area (Å²) in [5, 5.41) is 3.16. The summed E-state index contributed by atoms with van der Waals surface area (Å²) in [6.07, 6.45) is 6.84. The molecule has 0 aromatic heterocycles. The van der Waals surface area contributed by atoms with E-state index in [0.717, 1.165) is 18.4 Å². The molecule has 0 spiro atoms. The van der Waals surface area contributed by atoms with Crippen LogP contribution in [0, 0.1) is 11.8 Å². The van der Waals surface area contributed by atoms with Crippen LogP contribution in [0.2, 0.25) is 0 Å². The van der Waals surface area contributed by atoms with Crippen LogP contribution in [0.15, 0.2) is 4.99 Å². The highest BCUT2D eigenvalue weighted by Crippen LogP contribution is 2.29. The van der Waals surface area contributed by atoms with E-state index in [2.05, 4.69) is 17.2 Å². The van der Waals surface area contributed by atoms with Gasteiger partial charge in [-0.25, -0.2) is 0 Å². The molecule has 0 aliphatic heterocycles. The predicted octanol–water partition coefficient (Wildman–Crippen LogP) is 1.74. The molecule has 3 N–H and O–H groups in total. The average Bonchev–Trinajstić information content (AvgIpc) is 2.26. The fourth-order valence-corrected chi connectivity index (χ4v) is 2.17. The van der Waals surface area contributed by atoms with Crippen LogP contribution in [-0.4, -0.2) is 19.6 Å². The molecule has 1 aliphatic carbocycles. The Balaban J connectivity index is 2.16. The number of guanidine groups is 1. The fraction of sp³-hybridized carbons (Fsp3) is 0.909. The smallest absolute Gasteiger partial charge is 0.188 e. The monoisotopic (exact) mass is 197 g/mol. The number of hydrogen-bond donors (Lipinski definition) is 2. The minimum atomic E-state index is 0.572. The van der Waals surface area contributed by atoms with E-state index in [1.807, 2.05) is 0 Å². The van der Waals surface area contributed by atoms with Crippen molar-refractivity contribution in [1.82, 2.24) is 5.32 Å². The van der Waals surface area contributed by atoms with Gasteiger partial charge in [0.1, 0.15) is 0 Å². The molecule has 3 heteroatoms. The number of hydrogen-bond acceptors (Lipinski definition) is 1. The third kappa shape index (κ3) is 3.56. The summed E-state index contributed by atoms with van der Waals surface area (Å²) < 4.78 is 0. The van der Waals surface area contributed by atoms with Gasteiger partial charge < -0.3 is 11.1 Å². The van der Waals surface area contributed by atoms with E-state index in [-0.39, 0.29) is 0 Å². The van der Waals surface area contributed by atoms with Crippen molar-refractivity contribution in [2.75, 3.05) is 13.6 Å². The van der Waals surface area contributed by atoms with Crippen molar-refractivity contribution in [3.63, 3.8) is 0 Å². The molecular weight excluding hydrogens is 174 g/mol. The molecule has 1 rings (SSSR count). The van der Waals surface area contributed by atoms with Crippen LogP contribution >= 0.6 is 0 Å². The Morgan fingerprint density at radius 3 is 2.36 bits per heavy atom. The van der Waals surface area contributed by atoms with Crippen LogP contribution in [0.3, 0.4) is 0 Å². The molecule has 0 atom stereocenters. The third-order valence-corrected chi connectivity index (χ3v) is 3.36. The summed E-state index contributed by atoms with van der Waals surface area (Å²) in [5.41, 5.74) is 5.58. The second-order valence-corrected chi connectivity index (χ2v) is 4.28. The molecular formula is C11H23N3. The largest absolute Gasteiger partial charge is 0.370 e. The lowest BCUT2D eigenvalue weighted by Gasteiger charge is -2.27. The van der Waals surface area contributed by atoms with Crippen molar-refractivity contribution < 1.29 is 0 Å². The maximum absolute atomic E-state index is 5.58. The Morgan fingerprint density at radius 2 is 1.86 bits per heavy atom. The molecule has 0 bridgehead atoms. The first-order valence-corrected chi connectivity index (χ1v) is 5.72. The van der Waals surface area contributed by atoms with Crippen molar-refractivity contribution in [2.45, 2.75) is 39.0 Å². The summed E-state index contributed by atoms with van der Waals surface area (Å²) in [7, 11) is 1.72. The maximum atomic E-state index is 5.58. The minimum Gasteiger partial charge on any atom is -0.370 e. The van der Waals surface area contributed by atoms with Crippen molar-refractivity contribution in [3.05, 3.63) is 0 Å². The Bertz CT molecular complexity index is 181. The fourth-order valence-electron chi connectivity index (χ4n) is 2.17. The van der Waals surface area contributed by atoms with E-state index in [9.17, 15) is 0 Å². The van der Waals surface area contributed by atoms with E-state index in [0.29, 0.717) is 5.96 Å². The lowest BCUT2D eigenvalue weighted by molar-refractivity contribution is 0.269. The summed E-state index contributed by atoms with van der Waals surface area (Å²) >= 11 is 0. The molecule has 82 valence electrons. The second-order valence-electron chi connectivity index (χ2n) is 4.28. The molecule has 0 aromatic carbocycles. The topological polar surface area (TPSA) is 50.4 Å². The van der Waals surface area contributed by atoms with Gasteiger partial charge in [-0.3, -0.25) is 4.99 Å². The summed E-state index contributed by atoms with van der Waals surface area (Å²) in [6.45, 7) is 3.30. The van der Waals surface area contributed by atoms with Crippen LogP contribution in [-0.2, 0) is 0 Å². The van der Waals surface area contributed by atoms with Crippen LogP contribution < -0.4 is 11.1 Å². The number of nitrogens with one attached hydrogen (secondary N) is 1. The van der Waals surface area contributed by atoms with Crippen LogP contribution in [0.4, 0.5) is 0 Å². The number of nitrogens with two attached hydrogens (primary N) is 1. The van der Waals surface area contributed by atoms with E-state index in [4.69, 9.17) is 5.73 Å². The number of aliphatic imine (C=N–C) groups is 1. The second kappa shape index (κ2) is 5.89. The minimum absolute atomic E-state index is 0.572. The van der Waals surface area contributed by atoms with Crippen molar-refractivity contribution >= 4 is 5.96 Å². The Morgan fingerprint density at radius 1 is 1.29 bits per heavy atom. The number of nitrogens with zero attached hydrogens (tertiary/aromatic N) is 1. The van der Waals surface area contributed by atoms with E-state index in [1.165, 1.54) is 32.1 Å². The average molecular weight is 197 g/mol. The summed E-state index contributed by atoms with van der Waals surface area (Å²) in [5.74, 6) is 2.35. The summed E-state index contributed by atoms with van der Waals surface area (Å²) in [6, 6.07) is 0.